The van der Waals surface area contributed by atoms with E-state index in [9.17, 15) is 4.79 Å². The highest BCUT2D eigenvalue weighted by molar-refractivity contribution is 6.30. The summed E-state index contributed by atoms with van der Waals surface area (Å²) in [7, 11) is 0. The quantitative estimate of drug-likeness (QED) is 0.493. The third kappa shape index (κ3) is 3.91. The van der Waals surface area contributed by atoms with Crippen LogP contribution in [0.5, 0.6) is 0 Å². The van der Waals surface area contributed by atoms with Crippen LogP contribution < -0.4 is 5.32 Å². The summed E-state index contributed by atoms with van der Waals surface area (Å²) < 4.78 is 1.64. The standard InChI is InChI=1S/C23H19ClN4O/c1-15-8-6-9-16(2)20(15)25-23(29)21-26-22(17-10-4-3-5-11-17)28(27-21)19-13-7-12-18(24)14-19/h3-14H,1-2H3,(H,25,29). The van der Waals surface area contributed by atoms with Crippen LogP contribution >= 0.6 is 11.6 Å². The smallest absolute Gasteiger partial charge is 0.295 e. The lowest BCUT2D eigenvalue weighted by Gasteiger charge is -2.09. The molecule has 0 aliphatic heterocycles. The zero-order chi connectivity index (χ0) is 20.4. The highest BCUT2D eigenvalue weighted by atomic mass is 35.5. The Morgan fingerprint density at radius 1 is 0.931 bits per heavy atom. The van der Waals surface area contributed by atoms with Crippen LogP contribution in [0.15, 0.2) is 72.8 Å². The summed E-state index contributed by atoms with van der Waals surface area (Å²) in [4.78, 5) is 17.5. The molecule has 0 aliphatic carbocycles. The van der Waals surface area contributed by atoms with Crippen LogP contribution in [0.1, 0.15) is 21.7 Å². The van der Waals surface area contributed by atoms with Gasteiger partial charge in [0.05, 0.1) is 5.69 Å². The van der Waals surface area contributed by atoms with Gasteiger partial charge in [-0.2, -0.15) is 0 Å². The fraction of sp³-hybridized carbons (Fsp3) is 0.0870. The number of anilines is 1. The van der Waals surface area contributed by atoms with Gasteiger partial charge in [-0.25, -0.2) is 9.67 Å². The molecule has 3 aromatic carbocycles. The number of para-hydroxylation sites is 1. The third-order valence-electron chi connectivity index (χ3n) is 4.61. The van der Waals surface area contributed by atoms with Crippen LogP contribution in [0.2, 0.25) is 5.02 Å². The van der Waals surface area contributed by atoms with E-state index >= 15 is 0 Å². The summed E-state index contributed by atoms with van der Waals surface area (Å²) in [5.74, 6) is 0.298. The van der Waals surface area contributed by atoms with E-state index in [1.165, 1.54) is 0 Å². The predicted octanol–water partition coefficient (Wildman–Crippen LogP) is 5.46. The molecule has 0 atom stereocenters. The lowest BCUT2D eigenvalue weighted by molar-refractivity contribution is 0.101. The van der Waals surface area contributed by atoms with Crippen LogP contribution in [0.4, 0.5) is 5.69 Å². The van der Waals surface area contributed by atoms with Gasteiger partial charge in [0.25, 0.3) is 5.91 Å². The van der Waals surface area contributed by atoms with Crippen LogP contribution in [0.3, 0.4) is 0 Å². The summed E-state index contributed by atoms with van der Waals surface area (Å²) >= 11 is 6.16. The van der Waals surface area contributed by atoms with E-state index in [1.807, 2.05) is 74.5 Å². The second kappa shape index (κ2) is 7.89. The Labute approximate surface area is 174 Å². The number of hydrogen-bond acceptors (Lipinski definition) is 3. The Morgan fingerprint density at radius 3 is 2.31 bits per heavy atom. The van der Waals surface area contributed by atoms with Crippen molar-refractivity contribution in [3.63, 3.8) is 0 Å². The van der Waals surface area contributed by atoms with Gasteiger partial charge >= 0.3 is 0 Å². The first kappa shape index (κ1) is 18.9. The Kier molecular flexibility index (Phi) is 5.14. The van der Waals surface area contributed by atoms with Gasteiger partial charge in [0.15, 0.2) is 5.82 Å². The maximum atomic E-state index is 12.9. The van der Waals surface area contributed by atoms with Crippen molar-refractivity contribution in [2.24, 2.45) is 0 Å². The van der Waals surface area contributed by atoms with Crippen molar-refractivity contribution in [3.05, 3.63) is 94.8 Å². The Hall–Kier alpha value is -3.44. The first-order chi connectivity index (χ1) is 14.0. The van der Waals surface area contributed by atoms with Crippen molar-refractivity contribution in [3.8, 4) is 17.1 Å². The first-order valence-electron chi connectivity index (χ1n) is 9.19. The van der Waals surface area contributed by atoms with E-state index in [0.717, 1.165) is 28.1 Å². The van der Waals surface area contributed by atoms with Gasteiger partial charge in [0.2, 0.25) is 5.82 Å². The van der Waals surface area contributed by atoms with Gasteiger partial charge in [0.1, 0.15) is 0 Å². The molecule has 0 fully saturated rings. The maximum Gasteiger partial charge on any atom is 0.295 e. The van der Waals surface area contributed by atoms with E-state index in [4.69, 9.17) is 11.6 Å². The van der Waals surface area contributed by atoms with E-state index in [1.54, 1.807) is 16.8 Å². The molecule has 0 aliphatic rings. The van der Waals surface area contributed by atoms with E-state index in [-0.39, 0.29) is 11.7 Å². The third-order valence-corrected chi connectivity index (χ3v) is 4.85. The maximum absolute atomic E-state index is 12.9. The lowest BCUT2D eigenvalue weighted by Crippen LogP contribution is -2.16. The number of amides is 1. The van der Waals surface area contributed by atoms with Crippen molar-refractivity contribution in [2.75, 3.05) is 5.32 Å². The number of nitrogens with one attached hydrogen (secondary N) is 1. The molecule has 0 saturated heterocycles. The van der Waals surface area contributed by atoms with Crippen molar-refractivity contribution in [1.29, 1.82) is 0 Å². The molecule has 0 spiro atoms. The Morgan fingerprint density at radius 2 is 1.62 bits per heavy atom. The Balaban J connectivity index is 1.78. The topological polar surface area (TPSA) is 59.8 Å². The summed E-state index contributed by atoms with van der Waals surface area (Å²) in [5.41, 5.74) is 4.32. The van der Waals surface area contributed by atoms with Crippen molar-refractivity contribution in [1.82, 2.24) is 14.8 Å². The molecule has 144 valence electrons. The second-order valence-corrected chi connectivity index (χ2v) is 7.17. The normalized spacial score (nSPS) is 10.7. The molecule has 0 bridgehead atoms. The number of aryl methyl sites for hydroxylation is 2. The molecule has 1 N–H and O–H groups in total. The number of benzene rings is 3. The molecule has 6 heteroatoms. The average Bonchev–Trinajstić information content (AvgIpc) is 3.17. The predicted molar refractivity (Wildman–Crippen MR) is 116 cm³/mol. The molecule has 0 radical (unpaired) electrons. The minimum Gasteiger partial charge on any atom is -0.319 e. The minimum absolute atomic E-state index is 0.0893. The van der Waals surface area contributed by atoms with E-state index < -0.39 is 0 Å². The van der Waals surface area contributed by atoms with Crippen LogP contribution in [-0.4, -0.2) is 20.7 Å². The van der Waals surface area contributed by atoms with Gasteiger partial charge in [-0.1, -0.05) is 66.2 Å². The number of aromatic nitrogens is 3. The number of carbonyl (C=O) groups is 1. The molecular formula is C23H19ClN4O. The summed E-state index contributed by atoms with van der Waals surface area (Å²) in [5, 5.41) is 8.02. The summed E-state index contributed by atoms with van der Waals surface area (Å²) in [6, 6.07) is 22.8. The number of nitrogens with zero attached hydrogens (tertiary/aromatic N) is 3. The van der Waals surface area contributed by atoms with Crippen molar-refractivity contribution < 1.29 is 4.79 Å². The zero-order valence-electron chi connectivity index (χ0n) is 16.1. The molecule has 0 saturated carbocycles. The highest BCUT2D eigenvalue weighted by Gasteiger charge is 2.20. The average molecular weight is 403 g/mol. The van der Waals surface area contributed by atoms with Crippen LogP contribution in [0, 0.1) is 13.8 Å². The molecule has 1 aromatic heterocycles. The summed E-state index contributed by atoms with van der Waals surface area (Å²) in [6.45, 7) is 3.91. The lowest BCUT2D eigenvalue weighted by atomic mass is 10.1. The van der Waals surface area contributed by atoms with E-state index in [2.05, 4.69) is 15.4 Å². The molecule has 0 unspecified atom stereocenters. The summed E-state index contributed by atoms with van der Waals surface area (Å²) in [6.07, 6.45) is 0. The number of rotatable bonds is 4. The van der Waals surface area contributed by atoms with Gasteiger partial charge in [0, 0.05) is 16.3 Å². The Bertz CT molecular complexity index is 1160. The molecule has 4 aromatic rings. The van der Waals surface area contributed by atoms with Gasteiger partial charge < -0.3 is 5.32 Å². The fourth-order valence-electron chi connectivity index (χ4n) is 3.15. The number of halogens is 1. The SMILES string of the molecule is Cc1cccc(C)c1NC(=O)c1nc(-c2ccccc2)n(-c2cccc(Cl)c2)n1. The zero-order valence-corrected chi connectivity index (χ0v) is 16.8. The molecule has 1 amide bonds. The van der Waals surface area contributed by atoms with Gasteiger partial charge in [-0.15, -0.1) is 5.10 Å². The largest absolute Gasteiger partial charge is 0.319 e. The minimum atomic E-state index is -0.361. The molecule has 29 heavy (non-hydrogen) atoms. The van der Waals surface area contributed by atoms with Gasteiger partial charge in [-0.05, 0) is 43.2 Å². The first-order valence-corrected chi connectivity index (χ1v) is 9.57. The molecular weight excluding hydrogens is 384 g/mol. The molecule has 1 heterocycles. The van der Waals surface area contributed by atoms with Crippen molar-refractivity contribution >= 4 is 23.2 Å². The highest BCUT2D eigenvalue weighted by Crippen LogP contribution is 2.24. The monoisotopic (exact) mass is 402 g/mol. The van der Waals surface area contributed by atoms with Crippen LogP contribution in [-0.2, 0) is 0 Å². The number of carbonyl (C=O) groups excluding carboxylic acids is 1. The van der Waals surface area contributed by atoms with E-state index in [0.29, 0.717) is 10.8 Å². The fourth-order valence-corrected chi connectivity index (χ4v) is 3.34. The number of hydrogen-bond donors (Lipinski definition) is 1. The van der Waals surface area contributed by atoms with Gasteiger partial charge in [-0.3, -0.25) is 4.79 Å². The molecule has 5 nitrogen and oxygen atoms in total. The van der Waals surface area contributed by atoms with Crippen LogP contribution in [0.25, 0.3) is 17.1 Å². The molecule has 4 rings (SSSR count). The van der Waals surface area contributed by atoms with Crippen molar-refractivity contribution in [2.45, 2.75) is 13.8 Å². The second-order valence-electron chi connectivity index (χ2n) is 6.74.